The van der Waals surface area contributed by atoms with Gasteiger partial charge in [-0.3, -0.25) is 9.59 Å². The Labute approximate surface area is 166 Å². The molecule has 3 rings (SSSR count). The highest BCUT2D eigenvalue weighted by molar-refractivity contribution is 5.94. The maximum Gasteiger partial charge on any atom is 0.307 e. The molecule has 7 heteroatoms. The zero-order chi connectivity index (χ0) is 19.8. The average Bonchev–Trinajstić information content (AvgIpc) is 3.16. The van der Waals surface area contributed by atoms with E-state index in [-0.39, 0.29) is 30.6 Å². The lowest BCUT2D eigenvalue weighted by Crippen LogP contribution is -2.41. The number of nitrogens with one attached hydrogen (secondary N) is 2. The van der Waals surface area contributed by atoms with Crippen LogP contribution in [0.1, 0.15) is 54.9 Å². The second-order valence-electron chi connectivity index (χ2n) is 7.27. The first kappa shape index (κ1) is 20.8. The number of ether oxygens (including phenoxy) is 3. The SMILES string of the molecule is CCOC(=O)CCNC(=O)c1ccc(CNC2CCC3(CC2)OCCO3)cc1. The van der Waals surface area contributed by atoms with Crippen LogP contribution < -0.4 is 10.6 Å². The van der Waals surface area contributed by atoms with Gasteiger partial charge < -0.3 is 24.8 Å². The molecule has 2 N–H and O–H groups in total. The van der Waals surface area contributed by atoms with Gasteiger partial charge in [0.15, 0.2) is 5.79 Å². The van der Waals surface area contributed by atoms with Gasteiger partial charge in [0, 0.05) is 37.5 Å². The molecule has 1 aromatic rings. The van der Waals surface area contributed by atoms with Crippen molar-refractivity contribution in [2.75, 3.05) is 26.4 Å². The standard InChI is InChI=1S/C21H30N2O5/c1-2-26-19(24)9-12-22-20(25)17-5-3-16(4-6-17)15-23-18-7-10-21(11-8-18)27-13-14-28-21/h3-6,18,23H,2,7-15H2,1H3,(H,22,25). The fourth-order valence-electron chi connectivity index (χ4n) is 3.70. The molecule has 0 unspecified atom stereocenters. The molecule has 154 valence electrons. The summed E-state index contributed by atoms with van der Waals surface area (Å²) >= 11 is 0. The van der Waals surface area contributed by atoms with E-state index in [2.05, 4.69) is 10.6 Å². The van der Waals surface area contributed by atoms with Crippen LogP contribution in [0.4, 0.5) is 0 Å². The van der Waals surface area contributed by atoms with E-state index in [1.807, 2.05) is 24.3 Å². The monoisotopic (exact) mass is 390 g/mol. The third-order valence-electron chi connectivity index (χ3n) is 5.29. The first-order valence-corrected chi connectivity index (χ1v) is 10.1. The maximum absolute atomic E-state index is 12.1. The first-order valence-electron chi connectivity index (χ1n) is 10.1. The molecule has 1 aliphatic heterocycles. The highest BCUT2D eigenvalue weighted by atomic mass is 16.7. The molecule has 0 radical (unpaired) electrons. The maximum atomic E-state index is 12.1. The molecular weight excluding hydrogens is 360 g/mol. The summed E-state index contributed by atoms with van der Waals surface area (Å²) in [6.45, 7) is 4.57. The summed E-state index contributed by atoms with van der Waals surface area (Å²) in [5.74, 6) is -0.803. The number of rotatable bonds is 8. The van der Waals surface area contributed by atoms with Gasteiger partial charge >= 0.3 is 5.97 Å². The molecule has 1 spiro atoms. The predicted molar refractivity (Wildman–Crippen MR) is 104 cm³/mol. The largest absolute Gasteiger partial charge is 0.466 e. The van der Waals surface area contributed by atoms with Gasteiger partial charge in [-0.1, -0.05) is 12.1 Å². The zero-order valence-corrected chi connectivity index (χ0v) is 16.5. The highest BCUT2D eigenvalue weighted by Crippen LogP contribution is 2.35. The number of carbonyl (C=O) groups excluding carboxylic acids is 2. The molecule has 7 nitrogen and oxygen atoms in total. The molecule has 2 fully saturated rings. The Balaban J connectivity index is 1.37. The normalized spacial score (nSPS) is 18.9. The van der Waals surface area contributed by atoms with Crippen LogP contribution in [-0.2, 0) is 25.5 Å². The number of amides is 1. The number of esters is 1. The minimum absolute atomic E-state index is 0.181. The molecule has 0 bridgehead atoms. The van der Waals surface area contributed by atoms with Crippen LogP contribution in [0.3, 0.4) is 0 Å². The first-order chi connectivity index (χ1) is 13.6. The fraction of sp³-hybridized carbons (Fsp3) is 0.619. The van der Waals surface area contributed by atoms with Gasteiger partial charge in [0.05, 0.1) is 26.2 Å². The van der Waals surface area contributed by atoms with Gasteiger partial charge in [0.1, 0.15) is 0 Å². The van der Waals surface area contributed by atoms with Gasteiger partial charge in [-0.15, -0.1) is 0 Å². The molecule has 0 atom stereocenters. The summed E-state index contributed by atoms with van der Waals surface area (Å²) in [6, 6.07) is 8.01. The second-order valence-corrected chi connectivity index (χ2v) is 7.27. The van der Waals surface area contributed by atoms with Crippen LogP contribution in [0.25, 0.3) is 0 Å². The molecule has 28 heavy (non-hydrogen) atoms. The summed E-state index contributed by atoms with van der Waals surface area (Å²) in [7, 11) is 0. The van der Waals surface area contributed by atoms with Crippen LogP contribution in [0.5, 0.6) is 0 Å². The number of hydrogen-bond acceptors (Lipinski definition) is 6. The lowest BCUT2D eigenvalue weighted by Gasteiger charge is -2.35. The number of carbonyl (C=O) groups is 2. The molecule has 1 saturated heterocycles. The molecule has 1 amide bonds. The molecule has 2 aliphatic rings. The quantitative estimate of drug-likeness (QED) is 0.662. The molecule has 1 heterocycles. The topological polar surface area (TPSA) is 85.9 Å². The van der Waals surface area contributed by atoms with Crippen LogP contribution >= 0.6 is 0 Å². The predicted octanol–water partition coefficient (Wildman–Crippen LogP) is 2.14. The van der Waals surface area contributed by atoms with Crippen molar-refractivity contribution in [2.45, 2.75) is 57.4 Å². The number of benzene rings is 1. The lowest BCUT2D eigenvalue weighted by atomic mass is 9.90. The minimum Gasteiger partial charge on any atom is -0.466 e. The van der Waals surface area contributed by atoms with Gasteiger partial charge in [-0.25, -0.2) is 0 Å². The molecule has 1 aromatic carbocycles. The van der Waals surface area contributed by atoms with E-state index in [1.165, 1.54) is 0 Å². The van der Waals surface area contributed by atoms with Crippen molar-refractivity contribution in [2.24, 2.45) is 0 Å². The zero-order valence-electron chi connectivity index (χ0n) is 16.5. The summed E-state index contributed by atoms with van der Waals surface area (Å²) in [5.41, 5.74) is 1.72. The van der Waals surface area contributed by atoms with E-state index in [0.29, 0.717) is 31.4 Å². The van der Waals surface area contributed by atoms with Gasteiger partial charge in [0.25, 0.3) is 5.91 Å². The van der Waals surface area contributed by atoms with Crippen LogP contribution in [0.15, 0.2) is 24.3 Å². The molecule has 0 aromatic heterocycles. The van der Waals surface area contributed by atoms with Crippen LogP contribution in [-0.4, -0.2) is 50.1 Å². The van der Waals surface area contributed by atoms with E-state index in [1.54, 1.807) is 6.92 Å². The summed E-state index contributed by atoms with van der Waals surface area (Å²) in [4.78, 5) is 23.4. The third kappa shape index (κ3) is 5.77. The van der Waals surface area contributed by atoms with Crippen molar-refractivity contribution < 1.29 is 23.8 Å². The Morgan fingerprint density at radius 2 is 1.82 bits per heavy atom. The van der Waals surface area contributed by atoms with Gasteiger partial charge in [-0.05, 0) is 37.5 Å². The van der Waals surface area contributed by atoms with Crippen molar-refractivity contribution in [1.82, 2.24) is 10.6 Å². The Kier molecular flexibility index (Phi) is 7.42. The number of hydrogen-bond donors (Lipinski definition) is 2. The van der Waals surface area contributed by atoms with Crippen molar-refractivity contribution in [3.63, 3.8) is 0 Å². The van der Waals surface area contributed by atoms with E-state index in [0.717, 1.165) is 37.8 Å². The molecule has 1 aliphatic carbocycles. The Morgan fingerprint density at radius 1 is 1.14 bits per heavy atom. The Bertz CT molecular complexity index is 645. The van der Waals surface area contributed by atoms with Crippen molar-refractivity contribution in [3.05, 3.63) is 35.4 Å². The highest BCUT2D eigenvalue weighted by Gasteiger charge is 2.40. The van der Waals surface area contributed by atoms with E-state index < -0.39 is 0 Å². The van der Waals surface area contributed by atoms with Gasteiger partial charge in [0.2, 0.25) is 0 Å². The summed E-state index contributed by atoms with van der Waals surface area (Å²) < 4.78 is 16.4. The van der Waals surface area contributed by atoms with Crippen molar-refractivity contribution in [3.8, 4) is 0 Å². The average molecular weight is 390 g/mol. The lowest BCUT2D eigenvalue weighted by molar-refractivity contribution is -0.179. The third-order valence-corrected chi connectivity index (χ3v) is 5.29. The summed E-state index contributed by atoms with van der Waals surface area (Å²) in [6.07, 6.45) is 4.15. The van der Waals surface area contributed by atoms with E-state index in [4.69, 9.17) is 14.2 Å². The smallest absolute Gasteiger partial charge is 0.307 e. The second kappa shape index (κ2) is 10.0. The minimum atomic E-state index is -0.319. The van der Waals surface area contributed by atoms with Gasteiger partial charge in [-0.2, -0.15) is 0 Å². The van der Waals surface area contributed by atoms with Crippen LogP contribution in [0.2, 0.25) is 0 Å². The van der Waals surface area contributed by atoms with Crippen molar-refractivity contribution >= 4 is 11.9 Å². The fourth-order valence-corrected chi connectivity index (χ4v) is 3.70. The molecular formula is C21H30N2O5. The van der Waals surface area contributed by atoms with Crippen molar-refractivity contribution in [1.29, 1.82) is 0 Å². The summed E-state index contributed by atoms with van der Waals surface area (Å²) in [5, 5.41) is 6.32. The molecule has 1 saturated carbocycles. The Morgan fingerprint density at radius 3 is 2.46 bits per heavy atom. The van der Waals surface area contributed by atoms with E-state index >= 15 is 0 Å². The van der Waals surface area contributed by atoms with E-state index in [9.17, 15) is 9.59 Å². The Hall–Kier alpha value is -1.96. The van der Waals surface area contributed by atoms with Crippen LogP contribution in [0, 0.1) is 0 Å².